The van der Waals surface area contributed by atoms with Crippen LogP contribution in [0, 0.1) is 0 Å². The lowest BCUT2D eigenvalue weighted by atomic mass is 10.0. The molecule has 3 aromatic carbocycles. The number of nitrogens with two attached hydrogens (primary N) is 2. The molecule has 6 N–H and O–H groups in total. The van der Waals surface area contributed by atoms with Gasteiger partial charge >= 0.3 is 0 Å². The molecule has 1 aromatic heterocycles. The van der Waals surface area contributed by atoms with E-state index in [1.807, 2.05) is 30.3 Å². The first-order chi connectivity index (χ1) is 17.4. The molecule has 4 aromatic rings. The Labute approximate surface area is 211 Å². The molecule has 0 unspecified atom stereocenters. The molecule has 182 valence electrons. The monoisotopic (exact) mass is 501 g/mol. The number of aromatic hydroxyl groups is 1. The third kappa shape index (κ3) is 5.18. The van der Waals surface area contributed by atoms with Crippen molar-refractivity contribution in [3.8, 4) is 5.75 Å². The van der Waals surface area contributed by atoms with Gasteiger partial charge in [-0.15, -0.1) is 0 Å². The van der Waals surface area contributed by atoms with Crippen molar-refractivity contribution in [3.63, 3.8) is 0 Å². The minimum absolute atomic E-state index is 0.0117. The number of anilines is 2. The van der Waals surface area contributed by atoms with E-state index in [1.54, 1.807) is 42.5 Å². The molecule has 1 atom stereocenters. The maximum Gasteiger partial charge on any atom is 0.273 e. The number of nitrogens with one attached hydrogen (secondary N) is 1. The van der Waals surface area contributed by atoms with E-state index < -0.39 is 23.8 Å². The van der Waals surface area contributed by atoms with Gasteiger partial charge in [-0.05, 0) is 46.9 Å². The maximum absolute atomic E-state index is 13.9. The van der Waals surface area contributed by atoms with Gasteiger partial charge in [0, 0.05) is 12.2 Å². The topological polar surface area (TPSA) is 152 Å². The van der Waals surface area contributed by atoms with Gasteiger partial charge in [0.05, 0.1) is 5.69 Å². The zero-order valence-corrected chi connectivity index (χ0v) is 19.8. The van der Waals surface area contributed by atoms with Gasteiger partial charge in [0.2, 0.25) is 5.91 Å². The van der Waals surface area contributed by atoms with E-state index >= 15 is 0 Å². The number of benzene rings is 3. The number of phenolic OH excluding ortho intramolecular Hbond substituents is 1. The van der Waals surface area contributed by atoms with Crippen LogP contribution in [0.2, 0.25) is 0 Å². The van der Waals surface area contributed by atoms with Gasteiger partial charge in [0.15, 0.2) is 5.69 Å². The van der Waals surface area contributed by atoms with Crippen molar-refractivity contribution in [2.45, 2.75) is 12.6 Å². The second-order valence-corrected chi connectivity index (χ2v) is 8.62. The first-order valence-electron chi connectivity index (χ1n) is 10.9. The summed E-state index contributed by atoms with van der Waals surface area (Å²) in [5.74, 6) is -1.93. The van der Waals surface area contributed by atoms with E-state index in [2.05, 4.69) is 9.69 Å². The van der Waals surface area contributed by atoms with Crippen molar-refractivity contribution >= 4 is 40.6 Å². The van der Waals surface area contributed by atoms with E-state index in [1.165, 1.54) is 17.0 Å². The van der Waals surface area contributed by atoms with Crippen LogP contribution in [0.5, 0.6) is 5.75 Å². The fourth-order valence-corrected chi connectivity index (χ4v) is 4.41. The van der Waals surface area contributed by atoms with E-state index in [9.17, 15) is 19.5 Å². The van der Waals surface area contributed by atoms with Crippen molar-refractivity contribution in [1.82, 2.24) is 9.69 Å². The minimum atomic E-state index is -1.14. The molecular formula is C26H23N5O4S. The highest BCUT2D eigenvalue weighted by molar-refractivity contribution is 7.09. The summed E-state index contributed by atoms with van der Waals surface area (Å²) in [5.41, 5.74) is 12.8. The normalized spacial score (nSPS) is 11.4. The van der Waals surface area contributed by atoms with Gasteiger partial charge in [-0.2, -0.15) is 4.37 Å². The number of aromatic nitrogens is 1. The summed E-state index contributed by atoms with van der Waals surface area (Å²) in [7, 11) is 0. The standard InChI is InChI=1S/C26H23N5O4S/c27-20-21(24(28)33)30-36-23(20)26(35)31(18-9-5-2-6-10-18)22(17-11-13-19(32)14-12-17)25(34)29-15-16-7-3-1-4-8-16/h1-14,22,32H,15,27H2,(H2,28,33)(H,29,34)/t22-/m0/s1. The number of primary amides is 1. The fraction of sp³-hybridized carbons (Fsp3) is 0.0769. The predicted molar refractivity (Wildman–Crippen MR) is 137 cm³/mol. The van der Waals surface area contributed by atoms with Gasteiger partial charge in [0.25, 0.3) is 11.8 Å². The number of amides is 3. The molecule has 9 nitrogen and oxygen atoms in total. The first-order valence-corrected chi connectivity index (χ1v) is 11.7. The van der Waals surface area contributed by atoms with E-state index in [0.717, 1.165) is 17.1 Å². The Kier molecular flexibility index (Phi) is 7.26. The Hall–Kier alpha value is -4.70. The number of nitrogen functional groups attached to an aromatic ring is 1. The Morgan fingerprint density at radius 2 is 1.56 bits per heavy atom. The Balaban J connectivity index is 1.80. The summed E-state index contributed by atoms with van der Waals surface area (Å²) >= 11 is 0.734. The number of hydrogen-bond acceptors (Lipinski definition) is 7. The molecule has 10 heteroatoms. The largest absolute Gasteiger partial charge is 0.508 e. The SMILES string of the molecule is NC(=O)c1nsc(C(=O)N(c2ccccc2)[C@H](C(=O)NCc2ccccc2)c2ccc(O)cc2)c1N. The fourth-order valence-electron chi connectivity index (χ4n) is 3.67. The summed E-state index contributed by atoms with van der Waals surface area (Å²) in [6.07, 6.45) is 0. The molecule has 0 fully saturated rings. The summed E-state index contributed by atoms with van der Waals surface area (Å²) in [6, 6.07) is 22.8. The molecule has 0 spiro atoms. The average Bonchev–Trinajstić information content (AvgIpc) is 3.29. The van der Waals surface area contributed by atoms with Crippen LogP contribution >= 0.6 is 11.5 Å². The maximum atomic E-state index is 13.9. The molecule has 4 rings (SSSR count). The molecular weight excluding hydrogens is 478 g/mol. The third-order valence-corrected chi connectivity index (χ3v) is 6.28. The molecule has 3 amide bonds. The van der Waals surface area contributed by atoms with Crippen LogP contribution in [-0.2, 0) is 11.3 Å². The van der Waals surface area contributed by atoms with E-state index in [-0.39, 0.29) is 28.6 Å². The number of nitrogens with zero attached hydrogens (tertiary/aromatic N) is 2. The molecule has 0 aliphatic heterocycles. The lowest BCUT2D eigenvalue weighted by Crippen LogP contribution is -2.44. The highest BCUT2D eigenvalue weighted by Gasteiger charge is 2.35. The van der Waals surface area contributed by atoms with Crippen LogP contribution in [0.25, 0.3) is 0 Å². The highest BCUT2D eigenvalue weighted by atomic mass is 32.1. The highest BCUT2D eigenvalue weighted by Crippen LogP contribution is 2.33. The summed E-state index contributed by atoms with van der Waals surface area (Å²) in [6.45, 7) is 0.236. The molecule has 36 heavy (non-hydrogen) atoms. The summed E-state index contributed by atoms with van der Waals surface area (Å²) in [4.78, 5) is 40.5. The van der Waals surface area contributed by atoms with Crippen molar-refractivity contribution in [3.05, 3.63) is 107 Å². The Morgan fingerprint density at radius 1 is 0.944 bits per heavy atom. The number of para-hydroxylation sites is 1. The van der Waals surface area contributed by atoms with Gasteiger partial charge in [-0.25, -0.2) is 0 Å². The van der Waals surface area contributed by atoms with Crippen molar-refractivity contribution < 1.29 is 19.5 Å². The van der Waals surface area contributed by atoms with E-state index in [0.29, 0.717) is 11.3 Å². The number of phenols is 1. The van der Waals surface area contributed by atoms with Crippen LogP contribution in [0.4, 0.5) is 11.4 Å². The van der Waals surface area contributed by atoms with Gasteiger partial charge in [0.1, 0.15) is 16.7 Å². The molecule has 0 aliphatic rings. The van der Waals surface area contributed by atoms with Crippen LogP contribution in [0.15, 0.2) is 84.9 Å². The number of hydrogen-bond donors (Lipinski definition) is 4. The van der Waals surface area contributed by atoms with Crippen LogP contribution in [-0.4, -0.2) is 27.2 Å². The number of carbonyl (C=O) groups excluding carboxylic acids is 3. The van der Waals surface area contributed by atoms with Crippen LogP contribution in [0.3, 0.4) is 0 Å². The van der Waals surface area contributed by atoms with Crippen LogP contribution in [0.1, 0.15) is 37.3 Å². The quantitative estimate of drug-likeness (QED) is 0.291. The van der Waals surface area contributed by atoms with Gasteiger partial charge in [-0.1, -0.05) is 60.7 Å². The van der Waals surface area contributed by atoms with Crippen LogP contribution < -0.4 is 21.7 Å². The van der Waals surface area contributed by atoms with Gasteiger partial charge < -0.3 is 21.9 Å². The smallest absolute Gasteiger partial charge is 0.273 e. The molecule has 0 bridgehead atoms. The lowest BCUT2D eigenvalue weighted by Gasteiger charge is -2.31. The number of rotatable bonds is 8. The molecule has 0 saturated heterocycles. The predicted octanol–water partition coefficient (Wildman–Crippen LogP) is 3.23. The third-order valence-electron chi connectivity index (χ3n) is 5.43. The van der Waals surface area contributed by atoms with Gasteiger partial charge in [-0.3, -0.25) is 19.3 Å². The minimum Gasteiger partial charge on any atom is -0.508 e. The number of carbonyl (C=O) groups is 3. The molecule has 0 aliphatic carbocycles. The zero-order chi connectivity index (χ0) is 25.7. The second kappa shape index (κ2) is 10.7. The molecule has 0 radical (unpaired) electrons. The van der Waals surface area contributed by atoms with Crippen molar-refractivity contribution in [2.75, 3.05) is 10.6 Å². The molecule has 1 heterocycles. The first kappa shape index (κ1) is 24.4. The Bertz CT molecular complexity index is 1370. The second-order valence-electron chi connectivity index (χ2n) is 7.85. The Morgan fingerprint density at radius 3 is 2.14 bits per heavy atom. The van der Waals surface area contributed by atoms with Crippen molar-refractivity contribution in [2.24, 2.45) is 5.73 Å². The zero-order valence-electron chi connectivity index (χ0n) is 19.0. The lowest BCUT2D eigenvalue weighted by molar-refractivity contribution is -0.122. The summed E-state index contributed by atoms with van der Waals surface area (Å²) in [5, 5.41) is 12.7. The van der Waals surface area contributed by atoms with Crippen molar-refractivity contribution in [1.29, 1.82) is 0 Å². The average molecular weight is 502 g/mol. The van der Waals surface area contributed by atoms with E-state index in [4.69, 9.17) is 11.5 Å². The molecule has 0 saturated carbocycles. The summed E-state index contributed by atoms with van der Waals surface area (Å²) < 4.78 is 3.94.